The van der Waals surface area contributed by atoms with Crippen LogP contribution in [-0.4, -0.2) is 63.0 Å². The van der Waals surface area contributed by atoms with Gasteiger partial charge < -0.3 is 34.8 Å². The zero-order chi connectivity index (χ0) is 25.5. The van der Waals surface area contributed by atoms with Crippen molar-refractivity contribution in [2.24, 2.45) is 0 Å². The summed E-state index contributed by atoms with van der Waals surface area (Å²) in [5.74, 6) is 0.0522. The van der Waals surface area contributed by atoms with E-state index in [0.29, 0.717) is 42.5 Å². The van der Waals surface area contributed by atoms with Crippen molar-refractivity contribution in [1.82, 2.24) is 15.8 Å². The number of ether oxygens (including phenoxy) is 2. The highest BCUT2D eigenvalue weighted by Crippen LogP contribution is 2.33. The fraction of sp³-hybridized carbons (Fsp3) is 0.280. The number of urea groups is 1. The number of nitrogens with one attached hydrogen (secondary N) is 3. The number of carbonyl (C=O) groups excluding carboxylic acids is 3. The Bertz CT molecular complexity index is 1230. The summed E-state index contributed by atoms with van der Waals surface area (Å²) in [5, 5.41) is 11.9. The molecule has 11 nitrogen and oxygen atoms in total. The average molecular weight is 494 g/mol. The van der Waals surface area contributed by atoms with Crippen LogP contribution in [0.4, 0.5) is 16.2 Å². The lowest BCUT2D eigenvalue weighted by Gasteiger charge is -2.20. The topological polar surface area (TPSA) is 135 Å². The van der Waals surface area contributed by atoms with Crippen molar-refractivity contribution < 1.29 is 28.4 Å². The van der Waals surface area contributed by atoms with Crippen LogP contribution < -0.4 is 25.6 Å². The van der Waals surface area contributed by atoms with Crippen molar-refractivity contribution in [3.05, 3.63) is 71.6 Å². The molecular weight excluding hydrogens is 466 g/mol. The van der Waals surface area contributed by atoms with E-state index in [2.05, 4.69) is 21.1 Å². The summed E-state index contributed by atoms with van der Waals surface area (Å²) in [7, 11) is 3.12. The summed E-state index contributed by atoms with van der Waals surface area (Å²) in [6.07, 6.45) is 0.491. The maximum atomic E-state index is 13.1. The largest absolute Gasteiger partial charge is 0.489 e. The molecule has 2 heterocycles. The number of anilines is 2. The van der Waals surface area contributed by atoms with Crippen LogP contribution in [0.15, 0.2) is 59.1 Å². The minimum Gasteiger partial charge on any atom is -0.489 e. The molecule has 36 heavy (non-hydrogen) atoms. The Kier molecular flexibility index (Phi) is 7.81. The van der Waals surface area contributed by atoms with Crippen LogP contribution in [-0.2, 0) is 16.0 Å². The van der Waals surface area contributed by atoms with Gasteiger partial charge >= 0.3 is 6.03 Å². The molecule has 188 valence electrons. The Morgan fingerprint density at radius 1 is 1.17 bits per heavy atom. The van der Waals surface area contributed by atoms with E-state index >= 15 is 0 Å². The molecule has 0 unspecified atom stereocenters. The normalized spacial score (nSPS) is 14.9. The maximum absolute atomic E-state index is 13.1. The number of hydrogen-bond donors (Lipinski definition) is 3. The number of benzene rings is 2. The van der Waals surface area contributed by atoms with Gasteiger partial charge in [0.05, 0.1) is 12.3 Å². The number of methoxy groups -OCH3 is 1. The third kappa shape index (κ3) is 5.99. The highest BCUT2D eigenvalue weighted by molar-refractivity contribution is 6.03. The first-order valence-corrected chi connectivity index (χ1v) is 11.3. The quantitative estimate of drug-likeness (QED) is 0.410. The first-order valence-electron chi connectivity index (χ1n) is 11.3. The number of carbonyl (C=O) groups is 3. The standard InChI is InChI=1S/C25H27N5O6/c1-30-21-13-17(27-25(33)26-10-11-34-2)8-9-22(21)35-15-20(24(30)32)28-23(31)19-14-18(36-29-19)12-16-6-4-3-5-7-16/h3-9,13-14,20H,10-12,15H2,1-2H3,(H,28,31)(H2,26,27,33)/t20-/m0/s1. The van der Waals surface area contributed by atoms with Crippen molar-refractivity contribution >= 4 is 29.2 Å². The lowest BCUT2D eigenvalue weighted by Crippen LogP contribution is -2.49. The number of likely N-dealkylation sites (N-methyl/N-ethyl adjacent to an activating group) is 1. The van der Waals surface area contributed by atoms with Gasteiger partial charge in [-0.2, -0.15) is 0 Å². The summed E-state index contributed by atoms with van der Waals surface area (Å²) in [4.78, 5) is 39.3. The lowest BCUT2D eigenvalue weighted by molar-refractivity contribution is -0.120. The minimum absolute atomic E-state index is 0.0685. The molecule has 4 rings (SSSR count). The molecule has 3 aromatic rings. The van der Waals surface area contributed by atoms with Crippen molar-refractivity contribution in [2.75, 3.05) is 44.1 Å². The molecule has 1 aliphatic rings. The van der Waals surface area contributed by atoms with E-state index in [4.69, 9.17) is 14.0 Å². The highest BCUT2D eigenvalue weighted by atomic mass is 16.5. The summed E-state index contributed by atoms with van der Waals surface area (Å²) >= 11 is 0. The van der Waals surface area contributed by atoms with Crippen LogP contribution in [0.3, 0.4) is 0 Å². The van der Waals surface area contributed by atoms with E-state index in [9.17, 15) is 14.4 Å². The predicted octanol–water partition coefficient (Wildman–Crippen LogP) is 2.19. The maximum Gasteiger partial charge on any atom is 0.319 e. The predicted molar refractivity (Wildman–Crippen MR) is 131 cm³/mol. The van der Waals surface area contributed by atoms with Crippen LogP contribution in [0.2, 0.25) is 0 Å². The number of hydrogen-bond acceptors (Lipinski definition) is 7. The van der Waals surface area contributed by atoms with Crippen LogP contribution in [0.5, 0.6) is 5.75 Å². The van der Waals surface area contributed by atoms with Gasteiger partial charge in [-0.25, -0.2) is 4.79 Å². The summed E-state index contributed by atoms with van der Waals surface area (Å²) in [5.41, 5.74) is 2.03. The third-order valence-corrected chi connectivity index (χ3v) is 5.52. The Morgan fingerprint density at radius 2 is 1.97 bits per heavy atom. The van der Waals surface area contributed by atoms with Crippen molar-refractivity contribution in [3.63, 3.8) is 0 Å². The second kappa shape index (κ2) is 11.4. The van der Waals surface area contributed by atoms with Crippen molar-refractivity contribution in [1.29, 1.82) is 0 Å². The molecule has 0 bridgehead atoms. The molecule has 11 heteroatoms. The smallest absolute Gasteiger partial charge is 0.319 e. The molecule has 4 amide bonds. The van der Waals surface area contributed by atoms with Crippen LogP contribution in [0.25, 0.3) is 0 Å². The number of aromatic nitrogens is 1. The highest BCUT2D eigenvalue weighted by Gasteiger charge is 2.31. The molecule has 0 aliphatic carbocycles. The van der Waals surface area contributed by atoms with E-state index in [1.54, 1.807) is 38.4 Å². The van der Waals surface area contributed by atoms with Gasteiger partial charge in [0.1, 0.15) is 24.2 Å². The molecule has 2 aromatic carbocycles. The SMILES string of the molecule is COCCNC(=O)Nc1ccc2c(c1)N(C)C(=O)[C@@H](NC(=O)c1cc(Cc3ccccc3)on1)CO2. The van der Waals surface area contributed by atoms with Crippen LogP contribution in [0.1, 0.15) is 21.8 Å². The number of amides is 4. The number of rotatable bonds is 8. The molecule has 1 aromatic heterocycles. The Balaban J connectivity index is 1.39. The van der Waals surface area contributed by atoms with E-state index in [1.165, 1.54) is 4.90 Å². The number of nitrogens with zero attached hydrogens (tertiary/aromatic N) is 2. The molecular formula is C25H27N5O6. The summed E-state index contributed by atoms with van der Waals surface area (Å²) in [6, 6.07) is 14.8. The Morgan fingerprint density at radius 3 is 2.75 bits per heavy atom. The molecule has 0 spiro atoms. The second-order valence-electron chi connectivity index (χ2n) is 8.13. The third-order valence-electron chi connectivity index (χ3n) is 5.52. The molecule has 0 saturated heterocycles. The van der Waals surface area contributed by atoms with Gasteiger partial charge in [-0.05, 0) is 23.8 Å². The van der Waals surface area contributed by atoms with Crippen LogP contribution >= 0.6 is 0 Å². The van der Waals surface area contributed by atoms with Gasteiger partial charge in [0.25, 0.3) is 11.8 Å². The van der Waals surface area contributed by atoms with Gasteiger partial charge in [0.2, 0.25) is 0 Å². The van der Waals surface area contributed by atoms with Gasteiger partial charge in [0.15, 0.2) is 5.69 Å². The molecule has 0 fully saturated rings. The van der Waals surface area contributed by atoms with Crippen LogP contribution in [0, 0.1) is 0 Å². The lowest BCUT2D eigenvalue weighted by atomic mass is 10.1. The zero-order valence-corrected chi connectivity index (χ0v) is 19.9. The van der Waals surface area contributed by atoms with Gasteiger partial charge in [-0.3, -0.25) is 9.59 Å². The number of fused-ring (bicyclic) bond motifs is 1. The zero-order valence-electron chi connectivity index (χ0n) is 19.9. The first-order chi connectivity index (χ1) is 17.4. The van der Waals surface area contributed by atoms with E-state index < -0.39 is 18.0 Å². The average Bonchev–Trinajstić information content (AvgIpc) is 3.31. The molecule has 0 saturated carbocycles. The van der Waals surface area contributed by atoms with E-state index in [0.717, 1.165) is 5.56 Å². The van der Waals surface area contributed by atoms with Crippen molar-refractivity contribution in [2.45, 2.75) is 12.5 Å². The van der Waals surface area contributed by atoms with Gasteiger partial charge in [-0.15, -0.1) is 0 Å². The van der Waals surface area contributed by atoms with Gasteiger partial charge in [0, 0.05) is 38.9 Å². The van der Waals surface area contributed by atoms with E-state index in [-0.39, 0.29) is 18.2 Å². The molecule has 1 aliphatic heterocycles. The molecule has 3 N–H and O–H groups in total. The minimum atomic E-state index is -0.946. The monoisotopic (exact) mass is 493 g/mol. The Labute approximate surface area is 207 Å². The van der Waals surface area contributed by atoms with Crippen molar-refractivity contribution in [3.8, 4) is 5.75 Å². The van der Waals surface area contributed by atoms with E-state index in [1.807, 2.05) is 30.3 Å². The molecule has 0 radical (unpaired) electrons. The fourth-order valence-electron chi connectivity index (χ4n) is 3.65. The Hall–Kier alpha value is -4.38. The summed E-state index contributed by atoms with van der Waals surface area (Å²) in [6.45, 7) is 0.675. The fourth-order valence-corrected chi connectivity index (χ4v) is 3.65. The molecule has 1 atom stereocenters. The second-order valence-corrected chi connectivity index (χ2v) is 8.13. The van der Waals surface area contributed by atoms with Gasteiger partial charge in [-0.1, -0.05) is 35.5 Å². The summed E-state index contributed by atoms with van der Waals surface area (Å²) < 4.78 is 16.0. The first kappa shape index (κ1) is 24.7.